The van der Waals surface area contributed by atoms with E-state index in [1.54, 1.807) is 6.07 Å². The van der Waals surface area contributed by atoms with Crippen LogP contribution in [-0.4, -0.2) is 28.0 Å². The summed E-state index contributed by atoms with van der Waals surface area (Å²) >= 11 is 12.2. The van der Waals surface area contributed by atoms with E-state index in [2.05, 4.69) is 14.9 Å². The molecule has 0 unspecified atom stereocenters. The fourth-order valence-corrected chi connectivity index (χ4v) is 3.61. The first-order valence-corrected chi connectivity index (χ1v) is 9.64. The first-order valence-electron chi connectivity index (χ1n) is 7.40. The van der Waals surface area contributed by atoms with E-state index < -0.39 is 10.0 Å². The molecular weight excluding hydrogens is 385 g/mol. The third kappa shape index (κ3) is 3.97. The number of rotatable bonds is 6. The van der Waals surface area contributed by atoms with Gasteiger partial charge in [0.15, 0.2) is 5.82 Å². The minimum absolute atomic E-state index is 0.0473. The van der Waals surface area contributed by atoms with E-state index in [9.17, 15) is 8.42 Å². The van der Waals surface area contributed by atoms with Crippen LogP contribution in [0.1, 0.15) is 12.5 Å². The molecule has 0 aliphatic carbocycles. The van der Waals surface area contributed by atoms with Crippen molar-refractivity contribution < 1.29 is 8.42 Å². The predicted molar refractivity (Wildman–Crippen MR) is 96.5 cm³/mol. The smallest absolute Gasteiger partial charge is 0.266 e. The van der Waals surface area contributed by atoms with E-state index in [1.165, 1.54) is 28.0 Å². The van der Waals surface area contributed by atoms with Crippen LogP contribution in [0, 0.1) is 0 Å². The number of hydrogen-bond acceptors (Lipinski definition) is 4. The van der Waals surface area contributed by atoms with Crippen LogP contribution >= 0.6 is 23.2 Å². The topological polar surface area (TPSA) is 81.8 Å². The molecule has 25 heavy (non-hydrogen) atoms. The fraction of sp³-hybridized carbons (Fsp3) is 0.200. The Morgan fingerprint density at radius 2 is 1.88 bits per heavy atom. The highest BCUT2D eigenvalue weighted by atomic mass is 35.5. The SMILES string of the molecule is CCn1cc(S(=O)(=O)Nc2nn(Cc3ccccc3Cl)cc2Cl)cn1. The van der Waals surface area contributed by atoms with Gasteiger partial charge in [-0.1, -0.05) is 41.4 Å². The van der Waals surface area contributed by atoms with Gasteiger partial charge in [0.25, 0.3) is 10.0 Å². The Morgan fingerprint density at radius 1 is 1.12 bits per heavy atom. The van der Waals surface area contributed by atoms with E-state index in [1.807, 2.05) is 25.1 Å². The first kappa shape index (κ1) is 17.8. The van der Waals surface area contributed by atoms with Gasteiger partial charge in [0.1, 0.15) is 9.92 Å². The second-order valence-corrected chi connectivity index (χ2v) is 7.75. The zero-order valence-corrected chi connectivity index (χ0v) is 15.6. The molecule has 0 amide bonds. The average Bonchev–Trinajstić information content (AvgIpc) is 3.17. The lowest BCUT2D eigenvalue weighted by Gasteiger charge is -2.05. The lowest BCUT2D eigenvalue weighted by atomic mass is 10.2. The molecule has 2 aromatic heterocycles. The highest BCUT2D eigenvalue weighted by Crippen LogP contribution is 2.24. The van der Waals surface area contributed by atoms with E-state index in [4.69, 9.17) is 23.2 Å². The maximum Gasteiger partial charge on any atom is 0.266 e. The van der Waals surface area contributed by atoms with Gasteiger partial charge in [0.05, 0.1) is 12.7 Å². The average molecular weight is 400 g/mol. The van der Waals surface area contributed by atoms with Crippen LogP contribution in [0.3, 0.4) is 0 Å². The number of aromatic nitrogens is 4. The Kier molecular flexibility index (Phi) is 5.03. The first-order chi connectivity index (χ1) is 11.9. The Morgan fingerprint density at radius 3 is 2.56 bits per heavy atom. The molecule has 10 heteroatoms. The summed E-state index contributed by atoms with van der Waals surface area (Å²) in [6.07, 6.45) is 4.26. The van der Waals surface area contributed by atoms with Crippen molar-refractivity contribution in [3.05, 3.63) is 58.5 Å². The van der Waals surface area contributed by atoms with Crippen molar-refractivity contribution in [3.8, 4) is 0 Å². The summed E-state index contributed by atoms with van der Waals surface area (Å²) in [5.74, 6) is 0.0537. The maximum absolute atomic E-state index is 12.4. The number of aryl methyl sites for hydroxylation is 1. The number of halogens is 2. The third-order valence-corrected chi connectivity index (χ3v) is 5.42. The van der Waals surface area contributed by atoms with Crippen molar-refractivity contribution >= 4 is 39.0 Å². The molecule has 0 radical (unpaired) electrons. The fourth-order valence-electron chi connectivity index (χ4n) is 2.19. The molecule has 3 rings (SSSR count). The molecule has 0 bridgehead atoms. The van der Waals surface area contributed by atoms with Gasteiger partial charge in [-0.3, -0.25) is 14.1 Å². The molecule has 7 nitrogen and oxygen atoms in total. The minimum atomic E-state index is -3.81. The molecule has 0 aliphatic heterocycles. The van der Waals surface area contributed by atoms with Crippen molar-refractivity contribution in [1.29, 1.82) is 0 Å². The molecule has 0 saturated carbocycles. The van der Waals surface area contributed by atoms with Crippen LogP contribution in [0.2, 0.25) is 10.0 Å². The lowest BCUT2D eigenvalue weighted by molar-refractivity contribution is 0.600. The highest BCUT2D eigenvalue weighted by Gasteiger charge is 2.20. The van der Waals surface area contributed by atoms with Crippen LogP contribution in [0.5, 0.6) is 0 Å². The van der Waals surface area contributed by atoms with Crippen LogP contribution in [0.25, 0.3) is 0 Å². The molecule has 132 valence electrons. The van der Waals surface area contributed by atoms with Crippen molar-refractivity contribution in [3.63, 3.8) is 0 Å². The van der Waals surface area contributed by atoms with Gasteiger partial charge in [-0.25, -0.2) is 8.42 Å². The quantitative estimate of drug-likeness (QED) is 0.689. The number of nitrogens with zero attached hydrogens (tertiary/aromatic N) is 4. The van der Waals surface area contributed by atoms with Crippen LogP contribution in [0.4, 0.5) is 5.82 Å². The van der Waals surface area contributed by atoms with Crippen LogP contribution in [0.15, 0.2) is 47.8 Å². The zero-order valence-electron chi connectivity index (χ0n) is 13.2. The molecule has 0 saturated heterocycles. The summed E-state index contributed by atoms with van der Waals surface area (Å²) in [5.41, 5.74) is 0.849. The van der Waals surface area contributed by atoms with E-state index >= 15 is 0 Å². The van der Waals surface area contributed by atoms with Crippen LogP contribution in [-0.2, 0) is 23.1 Å². The van der Waals surface area contributed by atoms with Crippen LogP contribution < -0.4 is 4.72 Å². The lowest BCUT2D eigenvalue weighted by Crippen LogP contribution is -2.13. The number of benzene rings is 1. The number of anilines is 1. The minimum Gasteiger partial charge on any atom is -0.272 e. The molecule has 0 aliphatic rings. The van der Waals surface area contributed by atoms with Gasteiger partial charge in [0, 0.05) is 24.0 Å². The standard InChI is InChI=1S/C15H15Cl2N5O2S/c1-2-21-9-12(7-18-21)25(23,24)20-15-14(17)10-22(19-15)8-11-5-3-4-6-13(11)16/h3-7,9-10H,2,8H2,1H3,(H,19,20). The Hall–Kier alpha value is -2.03. The van der Waals surface area contributed by atoms with Crippen molar-refractivity contribution in [2.45, 2.75) is 24.9 Å². The molecule has 1 aromatic carbocycles. The number of nitrogens with one attached hydrogen (secondary N) is 1. The van der Waals surface area contributed by atoms with E-state index in [-0.39, 0.29) is 15.7 Å². The second kappa shape index (κ2) is 7.07. The van der Waals surface area contributed by atoms with Crippen molar-refractivity contribution in [2.75, 3.05) is 4.72 Å². The zero-order chi connectivity index (χ0) is 18.0. The van der Waals surface area contributed by atoms with Gasteiger partial charge in [-0.2, -0.15) is 10.2 Å². The van der Waals surface area contributed by atoms with Gasteiger partial charge < -0.3 is 0 Å². The molecule has 2 heterocycles. The van der Waals surface area contributed by atoms with Gasteiger partial charge in [0.2, 0.25) is 0 Å². The number of hydrogen-bond donors (Lipinski definition) is 1. The monoisotopic (exact) mass is 399 g/mol. The molecule has 1 N–H and O–H groups in total. The molecule has 0 spiro atoms. The highest BCUT2D eigenvalue weighted by molar-refractivity contribution is 7.92. The summed E-state index contributed by atoms with van der Waals surface area (Å²) < 4.78 is 30.3. The van der Waals surface area contributed by atoms with Gasteiger partial charge >= 0.3 is 0 Å². The summed E-state index contributed by atoms with van der Waals surface area (Å²) in [5, 5.41) is 8.95. The van der Waals surface area contributed by atoms with Gasteiger partial charge in [-0.05, 0) is 18.6 Å². The molecule has 3 aromatic rings. The largest absolute Gasteiger partial charge is 0.272 e. The predicted octanol–water partition coefficient (Wildman–Crippen LogP) is 3.26. The van der Waals surface area contributed by atoms with E-state index in [0.29, 0.717) is 18.1 Å². The molecular formula is C15H15Cl2N5O2S. The maximum atomic E-state index is 12.4. The number of sulfonamides is 1. The third-order valence-electron chi connectivity index (χ3n) is 3.48. The molecule has 0 fully saturated rings. The summed E-state index contributed by atoms with van der Waals surface area (Å²) in [4.78, 5) is 0.0473. The Labute approximate surface area is 155 Å². The summed E-state index contributed by atoms with van der Waals surface area (Å²) in [6.45, 7) is 2.81. The molecule has 0 atom stereocenters. The van der Waals surface area contributed by atoms with Gasteiger partial charge in [-0.15, -0.1) is 0 Å². The van der Waals surface area contributed by atoms with E-state index in [0.717, 1.165) is 5.56 Å². The Bertz CT molecular complexity index is 997. The normalized spacial score (nSPS) is 11.6. The van der Waals surface area contributed by atoms with Crippen molar-refractivity contribution in [1.82, 2.24) is 19.6 Å². The summed E-state index contributed by atoms with van der Waals surface area (Å²) in [7, 11) is -3.81. The Balaban J connectivity index is 1.82. The second-order valence-electron chi connectivity index (χ2n) is 5.25. The van der Waals surface area contributed by atoms with Crippen molar-refractivity contribution in [2.24, 2.45) is 0 Å². The summed E-state index contributed by atoms with van der Waals surface area (Å²) in [6, 6.07) is 7.33.